The lowest BCUT2D eigenvalue weighted by Crippen LogP contribution is -1.93. The van der Waals surface area contributed by atoms with Crippen LogP contribution in [0.3, 0.4) is 0 Å². The molecule has 1 N–H and O–H groups in total. The fourth-order valence-corrected chi connectivity index (χ4v) is 2.58. The number of imidazole rings is 1. The SMILES string of the molecule is C(=NNc1ccccc1)c1ccc(-n2cnc3ccccc32)cc1. The standard InChI is InChI=1S/C20H16N4/c1-2-6-17(7-3-1)23-22-14-16-10-12-18(13-11-16)24-15-21-19-8-4-5-9-20(19)24/h1-15,23H. The molecule has 4 heteroatoms. The number of hydrogen-bond donors (Lipinski definition) is 1. The largest absolute Gasteiger partial charge is 0.299 e. The van der Waals surface area contributed by atoms with Crippen molar-refractivity contribution in [2.45, 2.75) is 0 Å². The van der Waals surface area contributed by atoms with Crippen molar-refractivity contribution < 1.29 is 0 Å². The first kappa shape index (κ1) is 14.2. The quantitative estimate of drug-likeness (QED) is 0.446. The minimum atomic E-state index is 0.968. The van der Waals surface area contributed by atoms with Gasteiger partial charge in [-0.15, -0.1) is 0 Å². The molecule has 1 heterocycles. The Bertz CT molecular complexity index is 969. The van der Waals surface area contributed by atoms with Gasteiger partial charge in [-0.3, -0.25) is 9.99 Å². The molecule has 0 amide bonds. The third-order valence-corrected chi connectivity index (χ3v) is 3.81. The number of hydrazone groups is 1. The Morgan fingerprint density at radius 3 is 2.42 bits per heavy atom. The summed E-state index contributed by atoms with van der Waals surface area (Å²) in [4.78, 5) is 4.43. The summed E-state index contributed by atoms with van der Waals surface area (Å²) in [6.07, 6.45) is 3.66. The van der Waals surface area contributed by atoms with Crippen LogP contribution in [0.15, 0.2) is 90.3 Å². The van der Waals surface area contributed by atoms with Gasteiger partial charge in [0.25, 0.3) is 0 Å². The topological polar surface area (TPSA) is 42.2 Å². The highest BCUT2D eigenvalue weighted by Crippen LogP contribution is 2.18. The highest BCUT2D eigenvalue weighted by Gasteiger charge is 2.03. The summed E-state index contributed by atoms with van der Waals surface area (Å²) in [6, 6.07) is 26.2. The van der Waals surface area contributed by atoms with Crippen LogP contribution < -0.4 is 5.43 Å². The van der Waals surface area contributed by atoms with E-state index in [2.05, 4.69) is 38.3 Å². The van der Waals surface area contributed by atoms with Gasteiger partial charge < -0.3 is 0 Å². The fourth-order valence-electron chi connectivity index (χ4n) is 2.58. The minimum absolute atomic E-state index is 0.968. The molecule has 0 aliphatic rings. The molecule has 24 heavy (non-hydrogen) atoms. The van der Waals surface area contributed by atoms with Crippen molar-refractivity contribution in [3.63, 3.8) is 0 Å². The van der Waals surface area contributed by atoms with E-state index in [1.165, 1.54) is 0 Å². The second-order valence-corrected chi connectivity index (χ2v) is 5.43. The van der Waals surface area contributed by atoms with Gasteiger partial charge in [0.2, 0.25) is 0 Å². The van der Waals surface area contributed by atoms with Gasteiger partial charge in [0, 0.05) is 5.69 Å². The maximum atomic E-state index is 4.43. The third-order valence-electron chi connectivity index (χ3n) is 3.81. The van der Waals surface area contributed by atoms with Crippen LogP contribution in [0.4, 0.5) is 5.69 Å². The number of fused-ring (bicyclic) bond motifs is 1. The molecule has 0 saturated heterocycles. The predicted molar refractivity (Wildman–Crippen MR) is 98.7 cm³/mol. The molecule has 0 atom stereocenters. The highest BCUT2D eigenvalue weighted by molar-refractivity contribution is 5.81. The van der Waals surface area contributed by atoms with E-state index in [-0.39, 0.29) is 0 Å². The van der Waals surface area contributed by atoms with E-state index >= 15 is 0 Å². The van der Waals surface area contributed by atoms with Crippen molar-refractivity contribution in [1.82, 2.24) is 9.55 Å². The third kappa shape index (κ3) is 2.90. The number of anilines is 1. The monoisotopic (exact) mass is 312 g/mol. The molecule has 0 aliphatic heterocycles. The zero-order valence-electron chi connectivity index (χ0n) is 13.0. The number of benzene rings is 3. The van der Waals surface area contributed by atoms with Gasteiger partial charge in [0.1, 0.15) is 6.33 Å². The van der Waals surface area contributed by atoms with Crippen LogP contribution in [0.2, 0.25) is 0 Å². The summed E-state index contributed by atoms with van der Waals surface area (Å²) in [6.45, 7) is 0. The normalized spacial score (nSPS) is 11.2. The Morgan fingerprint density at radius 2 is 1.58 bits per heavy atom. The summed E-state index contributed by atoms with van der Waals surface area (Å²) < 4.78 is 2.08. The van der Waals surface area contributed by atoms with Gasteiger partial charge >= 0.3 is 0 Å². The van der Waals surface area contributed by atoms with E-state index in [0.717, 1.165) is 28.0 Å². The summed E-state index contributed by atoms with van der Waals surface area (Å²) in [5, 5.41) is 4.26. The second kappa shape index (κ2) is 6.38. The second-order valence-electron chi connectivity index (χ2n) is 5.43. The number of nitrogens with one attached hydrogen (secondary N) is 1. The van der Waals surface area contributed by atoms with Crippen LogP contribution in [0.1, 0.15) is 5.56 Å². The van der Waals surface area contributed by atoms with Crippen molar-refractivity contribution in [2.75, 3.05) is 5.43 Å². The Balaban J connectivity index is 1.52. The highest BCUT2D eigenvalue weighted by atomic mass is 15.3. The van der Waals surface area contributed by atoms with Gasteiger partial charge in [0.15, 0.2) is 0 Å². The lowest BCUT2D eigenvalue weighted by atomic mass is 10.2. The van der Waals surface area contributed by atoms with Crippen molar-refractivity contribution in [3.05, 3.63) is 90.8 Å². The molecule has 0 fully saturated rings. The first-order valence-corrected chi connectivity index (χ1v) is 7.77. The van der Waals surface area contributed by atoms with E-state index in [0.29, 0.717) is 0 Å². The molecule has 0 aliphatic carbocycles. The molecule has 4 nitrogen and oxygen atoms in total. The summed E-state index contributed by atoms with van der Waals surface area (Å²) >= 11 is 0. The number of aromatic nitrogens is 2. The Hall–Kier alpha value is -3.40. The lowest BCUT2D eigenvalue weighted by Gasteiger charge is -2.04. The van der Waals surface area contributed by atoms with Crippen LogP contribution in [0.5, 0.6) is 0 Å². The molecule has 0 saturated carbocycles. The number of para-hydroxylation sites is 3. The van der Waals surface area contributed by atoms with Crippen LogP contribution in [-0.2, 0) is 0 Å². The van der Waals surface area contributed by atoms with Crippen molar-refractivity contribution in [2.24, 2.45) is 5.10 Å². The molecule has 0 bridgehead atoms. The molecule has 1 aromatic heterocycles. The number of nitrogens with zero attached hydrogens (tertiary/aromatic N) is 3. The van der Waals surface area contributed by atoms with E-state index < -0.39 is 0 Å². The Morgan fingerprint density at radius 1 is 0.833 bits per heavy atom. The summed E-state index contributed by atoms with van der Waals surface area (Å²) in [5.41, 5.74) is 8.19. The molecule has 4 rings (SSSR count). The van der Waals surface area contributed by atoms with Gasteiger partial charge in [-0.2, -0.15) is 5.10 Å². The van der Waals surface area contributed by atoms with E-state index in [1.807, 2.05) is 73.2 Å². The summed E-state index contributed by atoms with van der Waals surface area (Å²) in [5.74, 6) is 0. The van der Waals surface area contributed by atoms with E-state index in [1.54, 1.807) is 0 Å². The maximum absolute atomic E-state index is 4.43. The fraction of sp³-hybridized carbons (Fsp3) is 0. The van der Waals surface area contributed by atoms with Gasteiger partial charge in [0.05, 0.1) is 22.9 Å². The van der Waals surface area contributed by atoms with Gasteiger partial charge in [-0.05, 0) is 42.0 Å². The molecule has 0 radical (unpaired) electrons. The average Bonchev–Trinajstić information content (AvgIpc) is 3.07. The van der Waals surface area contributed by atoms with E-state index in [9.17, 15) is 0 Å². The predicted octanol–water partition coefficient (Wildman–Crippen LogP) is 4.47. The Kier molecular flexibility index (Phi) is 3.78. The minimum Gasteiger partial charge on any atom is -0.299 e. The van der Waals surface area contributed by atoms with Crippen LogP contribution >= 0.6 is 0 Å². The van der Waals surface area contributed by atoms with Crippen LogP contribution in [-0.4, -0.2) is 15.8 Å². The average molecular weight is 312 g/mol. The molecule has 4 aromatic rings. The van der Waals surface area contributed by atoms with Gasteiger partial charge in [-0.1, -0.05) is 42.5 Å². The van der Waals surface area contributed by atoms with Crippen molar-refractivity contribution >= 4 is 22.9 Å². The molecular weight excluding hydrogens is 296 g/mol. The smallest absolute Gasteiger partial charge is 0.100 e. The van der Waals surface area contributed by atoms with Crippen LogP contribution in [0, 0.1) is 0 Å². The van der Waals surface area contributed by atoms with Crippen molar-refractivity contribution in [1.29, 1.82) is 0 Å². The number of hydrogen-bond acceptors (Lipinski definition) is 3. The number of rotatable bonds is 4. The molecule has 0 spiro atoms. The van der Waals surface area contributed by atoms with Crippen molar-refractivity contribution in [3.8, 4) is 5.69 Å². The lowest BCUT2D eigenvalue weighted by molar-refractivity contribution is 1.09. The van der Waals surface area contributed by atoms with E-state index in [4.69, 9.17) is 0 Å². The van der Waals surface area contributed by atoms with Gasteiger partial charge in [-0.25, -0.2) is 4.98 Å². The zero-order valence-corrected chi connectivity index (χ0v) is 13.0. The summed E-state index contributed by atoms with van der Waals surface area (Å²) in [7, 11) is 0. The molecular formula is C20H16N4. The molecule has 0 unspecified atom stereocenters. The van der Waals surface area contributed by atoms with Crippen LogP contribution in [0.25, 0.3) is 16.7 Å². The maximum Gasteiger partial charge on any atom is 0.100 e. The molecule has 116 valence electrons. The Labute approximate surface area is 140 Å². The first-order valence-electron chi connectivity index (χ1n) is 7.77. The molecule has 3 aromatic carbocycles. The zero-order chi connectivity index (χ0) is 16.2. The first-order chi connectivity index (χ1) is 11.9.